The van der Waals surface area contributed by atoms with E-state index >= 15 is 0 Å². The number of hydrogen-bond acceptors (Lipinski definition) is 0. The second-order valence-corrected chi connectivity index (χ2v) is 4.22. The van der Waals surface area contributed by atoms with Crippen molar-refractivity contribution in [3.63, 3.8) is 0 Å². The SMILES string of the molecule is CC[C@@H](Br)[C@@H](C)Br. The number of halogens is 2. The van der Waals surface area contributed by atoms with Crippen molar-refractivity contribution in [3.8, 4) is 0 Å². The normalized spacial score (nSPS) is 18.9. The quantitative estimate of drug-likeness (QED) is 0.639. The second kappa shape index (κ2) is 3.90. The zero-order chi connectivity index (χ0) is 5.86. The summed E-state index contributed by atoms with van der Waals surface area (Å²) in [5.74, 6) is 0. The maximum absolute atomic E-state index is 3.49. The number of rotatable bonds is 2. The molecule has 44 valence electrons. The van der Waals surface area contributed by atoms with Gasteiger partial charge in [0, 0.05) is 9.65 Å². The van der Waals surface area contributed by atoms with Crippen LogP contribution in [-0.4, -0.2) is 9.65 Å². The molecule has 0 heterocycles. The summed E-state index contributed by atoms with van der Waals surface area (Å²) in [4.78, 5) is 1.23. The average molecular weight is 230 g/mol. The molecule has 0 aliphatic heterocycles. The Labute approximate surface area is 61.9 Å². The van der Waals surface area contributed by atoms with Gasteiger partial charge in [-0.05, 0) is 6.42 Å². The lowest BCUT2D eigenvalue weighted by molar-refractivity contribution is 0.831. The molecule has 0 aromatic rings. The van der Waals surface area contributed by atoms with Crippen LogP contribution in [0.5, 0.6) is 0 Å². The lowest BCUT2D eigenvalue weighted by atomic mass is 10.3. The van der Waals surface area contributed by atoms with Crippen molar-refractivity contribution in [3.05, 3.63) is 0 Å². The fourth-order valence-corrected chi connectivity index (χ4v) is 0.699. The molecule has 0 aromatic heterocycles. The monoisotopic (exact) mass is 228 g/mol. The largest absolute Gasteiger partial charge is 0.0882 e. The molecule has 7 heavy (non-hydrogen) atoms. The van der Waals surface area contributed by atoms with Crippen LogP contribution in [0.1, 0.15) is 20.3 Å². The predicted molar refractivity (Wildman–Crippen MR) is 41.4 cm³/mol. The Morgan fingerprint density at radius 3 is 1.86 bits per heavy atom. The van der Waals surface area contributed by atoms with Crippen LogP contribution in [0.4, 0.5) is 0 Å². The highest BCUT2D eigenvalue weighted by Crippen LogP contribution is 2.15. The Morgan fingerprint density at radius 1 is 1.43 bits per heavy atom. The summed E-state index contributed by atoms with van der Waals surface area (Å²) < 4.78 is 0. The fraction of sp³-hybridized carbons (Fsp3) is 1.00. The van der Waals surface area contributed by atoms with Gasteiger partial charge in [-0.25, -0.2) is 0 Å². The first-order chi connectivity index (χ1) is 3.18. The standard InChI is InChI=1S/C5H10Br2/c1-3-5(7)4(2)6/h4-5H,3H2,1-2H3/t4-,5-/m1/s1. The summed E-state index contributed by atoms with van der Waals surface area (Å²) in [6, 6.07) is 0. The van der Waals surface area contributed by atoms with E-state index in [1.54, 1.807) is 0 Å². The van der Waals surface area contributed by atoms with Crippen molar-refractivity contribution >= 4 is 31.9 Å². The average Bonchev–Trinajstić information content (AvgIpc) is 1.65. The molecule has 0 aromatic carbocycles. The van der Waals surface area contributed by atoms with Crippen molar-refractivity contribution in [1.29, 1.82) is 0 Å². The van der Waals surface area contributed by atoms with Crippen LogP contribution < -0.4 is 0 Å². The van der Waals surface area contributed by atoms with Gasteiger partial charge in [0.2, 0.25) is 0 Å². The minimum atomic E-state index is 0.595. The van der Waals surface area contributed by atoms with Crippen LogP contribution in [0.2, 0.25) is 0 Å². The van der Waals surface area contributed by atoms with Gasteiger partial charge in [0.25, 0.3) is 0 Å². The first-order valence-electron chi connectivity index (χ1n) is 2.46. The summed E-state index contributed by atoms with van der Waals surface area (Å²) in [6.45, 7) is 4.31. The molecule has 0 fully saturated rings. The van der Waals surface area contributed by atoms with E-state index in [1.165, 1.54) is 6.42 Å². The molecule has 0 saturated heterocycles. The smallest absolute Gasteiger partial charge is 0.0265 e. The number of hydrogen-bond donors (Lipinski definition) is 0. The van der Waals surface area contributed by atoms with Crippen LogP contribution in [0.25, 0.3) is 0 Å². The molecule has 0 N–H and O–H groups in total. The third-order valence-electron chi connectivity index (χ3n) is 0.888. The Balaban J connectivity index is 3.14. The molecule has 0 aliphatic carbocycles. The van der Waals surface area contributed by atoms with Gasteiger partial charge in [0.05, 0.1) is 0 Å². The van der Waals surface area contributed by atoms with Crippen molar-refractivity contribution in [2.75, 3.05) is 0 Å². The van der Waals surface area contributed by atoms with Gasteiger partial charge in [-0.15, -0.1) is 0 Å². The van der Waals surface area contributed by atoms with Gasteiger partial charge < -0.3 is 0 Å². The Hall–Kier alpha value is 0.960. The minimum Gasteiger partial charge on any atom is -0.0882 e. The highest BCUT2D eigenvalue weighted by molar-refractivity contribution is 9.12. The van der Waals surface area contributed by atoms with Crippen LogP contribution in [0.3, 0.4) is 0 Å². The van der Waals surface area contributed by atoms with Crippen molar-refractivity contribution in [2.24, 2.45) is 0 Å². The van der Waals surface area contributed by atoms with Crippen molar-refractivity contribution in [1.82, 2.24) is 0 Å². The molecule has 0 nitrogen and oxygen atoms in total. The lowest BCUT2D eigenvalue weighted by Crippen LogP contribution is -2.06. The van der Waals surface area contributed by atoms with Gasteiger partial charge >= 0.3 is 0 Å². The van der Waals surface area contributed by atoms with E-state index in [4.69, 9.17) is 0 Å². The first kappa shape index (κ1) is 7.96. The Morgan fingerprint density at radius 2 is 1.86 bits per heavy atom. The first-order valence-corrected chi connectivity index (χ1v) is 4.29. The van der Waals surface area contributed by atoms with Gasteiger partial charge in [-0.3, -0.25) is 0 Å². The molecule has 0 amide bonds. The summed E-state index contributed by atoms with van der Waals surface area (Å²) in [7, 11) is 0. The van der Waals surface area contributed by atoms with E-state index < -0.39 is 0 Å². The molecular formula is C5H10Br2. The summed E-state index contributed by atoms with van der Waals surface area (Å²) >= 11 is 6.95. The predicted octanol–water partition coefficient (Wildman–Crippen LogP) is 2.94. The topological polar surface area (TPSA) is 0 Å². The summed E-state index contributed by atoms with van der Waals surface area (Å²) in [5.41, 5.74) is 0. The molecule has 0 saturated carbocycles. The highest BCUT2D eigenvalue weighted by atomic mass is 79.9. The van der Waals surface area contributed by atoms with Crippen LogP contribution in [0, 0.1) is 0 Å². The maximum atomic E-state index is 3.49. The zero-order valence-corrected chi connectivity index (χ0v) is 7.79. The third-order valence-corrected chi connectivity index (χ3v) is 3.68. The van der Waals surface area contributed by atoms with E-state index in [1.807, 2.05) is 0 Å². The Bertz CT molecular complexity index is 43.3. The van der Waals surface area contributed by atoms with Crippen LogP contribution >= 0.6 is 31.9 Å². The molecule has 0 spiro atoms. The summed E-state index contributed by atoms with van der Waals surface area (Å²) in [6.07, 6.45) is 1.19. The second-order valence-electron chi connectivity index (χ2n) is 1.60. The molecule has 2 heteroatoms. The third kappa shape index (κ3) is 3.53. The number of alkyl halides is 2. The molecule has 2 atom stereocenters. The molecule has 0 aliphatic rings. The minimum absolute atomic E-state index is 0.595. The van der Waals surface area contributed by atoms with E-state index in [0.29, 0.717) is 9.65 Å². The molecule has 0 bridgehead atoms. The molecule has 0 unspecified atom stereocenters. The van der Waals surface area contributed by atoms with Crippen molar-refractivity contribution < 1.29 is 0 Å². The fourth-order valence-electron chi connectivity index (χ4n) is 0.325. The molecule has 0 rings (SSSR count). The molecular weight excluding hydrogens is 220 g/mol. The van der Waals surface area contributed by atoms with E-state index in [9.17, 15) is 0 Å². The molecule has 0 radical (unpaired) electrons. The van der Waals surface area contributed by atoms with Gasteiger partial charge in [0.1, 0.15) is 0 Å². The zero-order valence-electron chi connectivity index (χ0n) is 4.62. The van der Waals surface area contributed by atoms with E-state index in [0.717, 1.165) is 0 Å². The van der Waals surface area contributed by atoms with Crippen LogP contribution in [0.15, 0.2) is 0 Å². The lowest BCUT2D eigenvalue weighted by Gasteiger charge is -2.06. The van der Waals surface area contributed by atoms with E-state index in [2.05, 4.69) is 45.7 Å². The van der Waals surface area contributed by atoms with E-state index in [-0.39, 0.29) is 0 Å². The van der Waals surface area contributed by atoms with Gasteiger partial charge in [-0.2, -0.15) is 0 Å². The summed E-state index contributed by atoms with van der Waals surface area (Å²) in [5, 5.41) is 0. The Kier molecular flexibility index (Phi) is 4.44. The van der Waals surface area contributed by atoms with Crippen molar-refractivity contribution in [2.45, 2.75) is 29.9 Å². The maximum Gasteiger partial charge on any atom is 0.0265 e. The van der Waals surface area contributed by atoms with Crippen LogP contribution in [-0.2, 0) is 0 Å². The van der Waals surface area contributed by atoms with Gasteiger partial charge in [-0.1, -0.05) is 45.7 Å². The van der Waals surface area contributed by atoms with Gasteiger partial charge in [0.15, 0.2) is 0 Å². The highest BCUT2D eigenvalue weighted by Gasteiger charge is 2.05.